The highest BCUT2D eigenvalue weighted by Crippen LogP contribution is 2.31. The molecule has 7 heteroatoms. The fourth-order valence-corrected chi connectivity index (χ4v) is 3.96. The lowest BCUT2D eigenvalue weighted by Gasteiger charge is -2.23. The van der Waals surface area contributed by atoms with Gasteiger partial charge in [-0.3, -0.25) is 14.3 Å². The molecule has 0 bridgehead atoms. The maximum absolute atomic E-state index is 13.1. The number of aromatic nitrogens is 2. The molecular formula is C19H27N3O3S. The maximum atomic E-state index is 13.1. The van der Waals surface area contributed by atoms with Gasteiger partial charge in [-0.2, -0.15) is 0 Å². The van der Waals surface area contributed by atoms with E-state index >= 15 is 0 Å². The zero-order valence-electron chi connectivity index (χ0n) is 15.7. The summed E-state index contributed by atoms with van der Waals surface area (Å²) in [4.78, 5) is 18.7. The minimum Gasteiger partial charge on any atom is -0.490 e. The number of nitrogens with one attached hydrogen (secondary N) is 1. The van der Waals surface area contributed by atoms with Gasteiger partial charge in [-0.25, -0.2) is 0 Å². The number of hydrogen-bond donors (Lipinski definition) is 1. The second kappa shape index (κ2) is 8.22. The standard InChI is InChI=1S/C19H27N3O3S/c1-4-21-9-7-8-13(21)12-22-18(23)14-10-16(24-5-2)17(25-6-3)11-15(14)20-19(22)26/h10-11,13H,4-9,12H2,1-3H3,(H,20,26)/t13-/m1/s1. The zero-order valence-corrected chi connectivity index (χ0v) is 16.5. The normalized spacial score (nSPS) is 17.7. The maximum Gasteiger partial charge on any atom is 0.262 e. The first-order valence-corrected chi connectivity index (χ1v) is 9.80. The summed E-state index contributed by atoms with van der Waals surface area (Å²) >= 11 is 5.49. The van der Waals surface area contributed by atoms with Crippen LogP contribution in [0.25, 0.3) is 10.9 Å². The van der Waals surface area contributed by atoms with Crippen LogP contribution in [0.5, 0.6) is 11.5 Å². The van der Waals surface area contributed by atoms with Crippen LogP contribution in [0.2, 0.25) is 0 Å². The van der Waals surface area contributed by atoms with Gasteiger partial charge in [0.25, 0.3) is 5.56 Å². The van der Waals surface area contributed by atoms with E-state index in [1.807, 2.05) is 13.8 Å². The third-order valence-electron chi connectivity index (χ3n) is 4.94. The largest absolute Gasteiger partial charge is 0.490 e. The number of hydrogen-bond acceptors (Lipinski definition) is 5. The zero-order chi connectivity index (χ0) is 18.7. The second-order valence-corrected chi connectivity index (χ2v) is 6.87. The van der Waals surface area contributed by atoms with E-state index in [1.54, 1.807) is 16.7 Å². The summed E-state index contributed by atoms with van der Waals surface area (Å²) in [5.74, 6) is 1.21. The average Bonchev–Trinajstić information content (AvgIpc) is 3.07. The van der Waals surface area contributed by atoms with Gasteiger partial charge >= 0.3 is 0 Å². The molecule has 1 aromatic carbocycles. The topological polar surface area (TPSA) is 59.5 Å². The number of aromatic amines is 1. The molecule has 1 aromatic heterocycles. The highest BCUT2D eigenvalue weighted by atomic mass is 32.1. The van der Waals surface area contributed by atoms with Crippen LogP contribution in [0.1, 0.15) is 33.6 Å². The second-order valence-electron chi connectivity index (χ2n) is 6.48. The van der Waals surface area contributed by atoms with Crippen LogP contribution in [-0.2, 0) is 6.54 Å². The first-order chi connectivity index (χ1) is 12.6. The summed E-state index contributed by atoms with van der Waals surface area (Å²) in [5.41, 5.74) is 0.609. The molecule has 0 amide bonds. The molecule has 1 N–H and O–H groups in total. The molecule has 0 aliphatic carbocycles. The third-order valence-corrected chi connectivity index (χ3v) is 5.27. The molecule has 0 radical (unpaired) electrons. The molecule has 2 aromatic rings. The molecule has 1 atom stereocenters. The van der Waals surface area contributed by atoms with Gasteiger partial charge in [0.05, 0.1) is 24.1 Å². The Bertz CT molecular complexity index is 890. The molecule has 142 valence electrons. The average molecular weight is 378 g/mol. The molecule has 6 nitrogen and oxygen atoms in total. The molecule has 2 heterocycles. The number of fused-ring (bicyclic) bond motifs is 1. The van der Waals surface area contributed by atoms with Gasteiger partial charge in [-0.05, 0) is 58.1 Å². The van der Waals surface area contributed by atoms with Crippen LogP contribution in [0, 0.1) is 4.77 Å². The Hall–Kier alpha value is -1.86. The molecular weight excluding hydrogens is 350 g/mol. The fourth-order valence-electron chi connectivity index (χ4n) is 3.69. The summed E-state index contributed by atoms with van der Waals surface area (Å²) in [6.07, 6.45) is 2.27. The number of rotatable bonds is 7. The first kappa shape index (κ1) is 18.9. The molecule has 1 fully saturated rings. The summed E-state index contributed by atoms with van der Waals surface area (Å²) in [6, 6.07) is 3.93. The van der Waals surface area contributed by atoms with Crippen molar-refractivity contribution in [3.05, 3.63) is 27.3 Å². The molecule has 26 heavy (non-hydrogen) atoms. The van der Waals surface area contributed by atoms with Crippen LogP contribution < -0.4 is 15.0 Å². The van der Waals surface area contributed by atoms with Gasteiger partial charge in [-0.1, -0.05) is 6.92 Å². The van der Waals surface area contributed by atoms with E-state index in [-0.39, 0.29) is 5.56 Å². The molecule has 1 aliphatic heterocycles. The van der Waals surface area contributed by atoms with E-state index in [0.717, 1.165) is 19.5 Å². The van der Waals surface area contributed by atoms with Crippen LogP contribution >= 0.6 is 12.2 Å². The highest BCUT2D eigenvalue weighted by Gasteiger charge is 2.24. The van der Waals surface area contributed by atoms with E-state index in [9.17, 15) is 4.79 Å². The van der Waals surface area contributed by atoms with Gasteiger partial charge in [0.2, 0.25) is 0 Å². The Labute approximate surface area is 158 Å². The molecule has 1 aliphatic rings. The van der Waals surface area contributed by atoms with Crippen molar-refractivity contribution in [2.24, 2.45) is 0 Å². The predicted molar refractivity (Wildman–Crippen MR) is 106 cm³/mol. The minimum absolute atomic E-state index is 0.0734. The lowest BCUT2D eigenvalue weighted by molar-refractivity contribution is 0.241. The van der Waals surface area contributed by atoms with Crippen molar-refractivity contribution >= 4 is 23.1 Å². The summed E-state index contributed by atoms with van der Waals surface area (Å²) in [7, 11) is 0. The van der Waals surface area contributed by atoms with Crippen LogP contribution in [0.4, 0.5) is 0 Å². The predicted octanol–water partition coefficient (Wildman–Crippen LogP) is 3.34. The number of likely N-dealkylation sites (N-methyl/N-ethyl adjacent to an activating group) is 1. The molecule has 0 spiro atoms. The van der Waals surface area contributed by atoms with Crippen molar-refractivity contribution in [1.29, 1.82) is 0 Å². The van der Waals surface area contributed by atoms with Gasteiger partial charge in [0, 0.05) is 18.7 Å². The minimum atomic E-state index is -0.0734. The van der Waals surface area contributed by atoms with Crippen molar-refractivity contribution in [2.45, 2.75) is 46.2 Å². The summed E-state index contributed by atoms with van der Waals surface area (Å²) in [5, 5.41) is 0.576. The molecule has 0 unspecified atom stereocenters. The third kappa shape index (κ3) is 3.64. The summed E-state index contributed by atoms with van der Waals surface area (Å²) < 4.78 is 13.5. The SMILES string of the molecule is CCOc1cc2[nH]c(=S)n(C[C@H]3CCCN3CC)c(=O)c2cc1OCC. The molecule has 0 saturated carbocycles. The Morgan fingerprint density at radius 2 is 1.88 bits per heavy atom. The van der Waals surface area contributed by atoms with Gasteiger partial charge in [0.15, 0.2) is 16.3 Å². The van der Waals surface area contributed by atoms with E-state index in [2.05, 4.69) is 16.8 Å². The number of nitrogens with zero attached hydrogens (tertiary/aromatic N) is 2. The number of ether oxygens (including phenoxy) is 2. The van der Waals surface area contributed by atoms with Crippen molar-refractivity contribution < 1.29 is 9.47 Å². The van der Waals surface area contributed by atoms with Gasteiger partial charge < -0.3 is 14.5 Å². The smallest absolute Gasteiger partial charge is 0.262 e. The Kier molecular flexibility index (Phi) is 5.98. The lowest BCUT2D eigenvalue weighted by Crippen LogP contribution is -2.36. The fraction of sp³-hybridized carbons (Fsp3) is 0.579. The van der Waals surface area contributed by atoms with Crippen LogP contribution in [0.3, 0.4) is 0 Å². The van der Waals surface area contributed by atoms with E-state index < -0.39 is 0 Å². The van der Waals surface area contributed by atoms with E-state index in [0.29, 0.717) is 53.0 Å². The van der Waals surface area contributed by atoms with Crippen molar-refractivity contribution in [3.63, 3.8) is 0 Å². The van der Waals surface area contributed by atoms with E-state index in [1.165, 1.54) is 6.42 Å². The Morgan fingerprint density at radius 1 is 1.19 bits per heavy atom. The molecule has 3 rings (SSSR count). The number of H-pyrrole nitrogens is 1. The monoisotopic (exact) mass is 377 g/mol. The van der Waals surface area contributed by atoms with Gasteiger partial charge in [-0.15, -0.1) is 0 Å². The van der Waals surface area contributed by atoms with Crippen LogP contribution in [-0.4, -0.2) is 46.8 Å². The Balaban J connectivity index is 2.07. The Morgan fingerprint density at radius 3 is 2.54 bits per heavy atom. The number of likely N-dealkylation sites (tertiary alicyclic amines) is 1. The number of benzene rings is 1. The van der Waals surface area contributed by atoms with Gasteiger partial charge in [0.1, 0.15) is 0 Å². The quantitative estimate of drug-likeness (QED) is 0.750. The van der Waals surface area contributed by atoms with Crippen molar-refractivity contribution in [3.8, 4) is 11.5 Å². The lowest BCUT2D eigenvalue weighted by atomic mass is 10.2. The van der Waals surface area contributed by atoms with E-state index in [4.69, 9.17) is 21.7 Å². The summed E-state index contributed by atoms with van der Waals surface area (Å²) in [6.45, 7) is 9.73. The first-order valence-electron chi connectivity index (χ1n) is 9.39. The van der Waals surface area contributed by atoms with Crippen molar-refractivity contribution in [2.75, 3.05) is 26.3 Å². The molecule has 1 saturated heterocycles. The highest BCUT2D eigenvalue weighted by molar-refractivity contribution is 7.71. The van der Waals surface area contributed by atoms with Crippen LogP contribution in [0.15, 0.2) is 16.9 Å². The van der Waals surface area contributed by atoms with Crippen molar-refractivity contribution in [1.82, 2.24) is 14.5 Å².